The van der Waals surface area contributed by atoms with E-state index in [-0.39, 0.29) is 5.54 Å². The van der Waals surface area contributed by atoms with Crippen molar-refractivity contribution in [1.82, 2.24) is 15.5 Å². The van der Waals surface area contributed by atoms with Gasteiger partial charge in [0.05, 0.1) is 13.2 Å². The van der Waals surface area contributed by atoms with Gasteiger partial charge >= 0.3 is 0 Å². The fourth-order valence-electron chi connectivity index (χ4n) is 3.17. The maximum absolute atomic E-state index is 5.44. The summed E-state index contributed by atoms with van der Waals surface area (Å²) in [4.78, 5) is 2.55. The number of nitrogens with one attached hydrogen (secondary N) is 2. The minimum absolute atomic E-state index is 0.223. The number of nitrogens with zero attached hydrogens (tertiary/aromatic N) is 1. The monoisotopic (exact) mass is 269 g/mol. The van der Waals surface area contributed by atoms with Crippen LogP contribution in [0.25, 0.3) is 0 Å². The third-order valence-corrected chi connectivity index (χ3v) is 4.55. The molecule has 2 aliphatic heterocycles. The van der Waals surface area contributed by atoms with Crippen LogP contribution >= 0.6 is 0 Å². The van der Waals surface area contributed by atoms with Crippen molar-refractivity contribution in [2.24, 2.45) is 0 Å². The molecule has 4 nitrogen and oxygen atoms in total. The van der Waals surface area contributed by atoms with Crippen LogP contribution in [0.5, 0.6) is 0 Å². The van der Waals surface area contributed by atoms with Crippen molar-refractivity contribution in [1.29, 1.82) is 0 Å². The molecule has 2 heterocycles. The number of ether oxygens (including phenoxy) is 1. The van der Waals surface area contributed by atoms with Crippen molar-refractivity contribution in [3.05, 3.63) is 0 Å². The van der Waals surface area contributed by atoms with Gasteiger partial charge in [0.1, 0.15) is 0 Å². The van der Waals surface area contributed by atoms with Gasteiger partial charge in [0.25, 0.3) is 0 Å². The van der Waals surface area contributed by atoms with Gasteiger partial charge in [-0.15, -0.1) is 0 Å². The first-order valence-electron chi connectivity index (χ1n) is 7.87. The molecule has 0 saturated carbocycles. The van der Waals surface area contributed by atoms with Gasteiger partial charge in [-0.2, -0.15) is 0 Å². The van der Waals surface area contributed by atoms with E-state index in [9.17, 15) is 0 Å². The van der Waals surface area contributed by atoms with Gasteiger partial charge in [-0.05, 0) is 46.6 Å². The third-order valence-electron chi connectivity index (χ3n) is 4.55. The predicted octanol–water partition coefficient (Wildman–Crippen LogP) is 1.22. The van der Waals surface area contributed by atoms with E-state index in [1.807, 2.05) is 0 Å². The molecule has 112 valence electrons. The fraction of sp³-hybridized carbons (Fsp3) is 1.00. The standard InChI is InChI=1S/C15H31N3O/c1-13(11-14-5-4-6-16-14)17-12-15(2,3)18-7-9-19-10-8-18/h13-14,16-17H,4-12H2,1-3H3. The summed E-state index contributed by atoms with van der Waals surface area (Å²) in [5.74, 6) is 0. The summed E-state index contributed by atoms with van der Waals surface area (Å²) >= 11 is 0. The summed E-state index contributed by atoms with van der Waals surface area (Å²) in [6.07, 6.45) is 3.94. The molecule has 2 rings (SSSR count). The second kappa shape index (κ2) is 7.02. The molecule has 2 fully saturated rings. The summed E-state index contributed by atoms with van der Waals surface area (Å²) in [7, 11) is 0. The molecule has 0 spiro atoms. The van der Waals surface area contributed by atoms with Crippen LogP contribution in [0.2, 0.25) is 0 Å². The van der Waals surface area contributed by atoms with Crippen LogP contribution in [0.1, 0.15) is 40.0 Å². The molecular weight excluding hydrogens is 238 g/mol. The average molecular weight is 269 g/mol. The molecule has 2 unspecified atom stereocenters. The Labute approximate surface area is 118 Å². The highest BCUT2D eigenvalue weighted by molar-refractivity contribution is 4.87. The first-order valence-corrected chi connectivity index (χ1v) is 7.87. The first-order chi connectivity index (χ1) is 9.08. The van der Waals surface area contributed by atoms with Gasteiger partial charge in [-0.1, -0.05) is 0 Å². The lowest BCUT2D eigenvalue weighted by atomic mass is 10.0. The van der Waals surface area contributed by atoms with Gasteiger partial charge in [0.15, 0.2) is 0 Å². The molecule has 0 radical (unpaired) electrons. The minimum Gasteiger partial charge on any atom is -0.379 e. The minimum atomic E-state index is 0.223. The van der Waals surface area contributed by atoms with Crippen LogP contribution in [0.4, 0.5) is 0 Å². The largest absolute Gasteiger partial charge is 0.379 e. The summed E-state index contributed by atoms with van der Waals surface area (Å²) in [5.41, 5.74) is 0.223. The SMILES string of the molecule is CC(CC1CCCN1)NCC(C)(C)N1CCOCC1. The van der Waals surface area contributed by atoms with Gasteiger partial charge in [-0.25, -0.2) is 0 Å². The molecule has 0 aliphatic carbocycles. The van der Waals surface area contributed by atoms with Crippen LogP contribution in [0, 0.1) is 0 Å². The Balaban J connectivity index is 1.69. The quantitative estimate of drug-likeness (QED) is 0.760. The van der Waals surface area contributed by atoms with E-state index in [2.05, 4.69) is 36.3 Å². The van der Waals surface area contributed by atoms with Crippen LogP contribution in [-0.2, 0) is 4.74 Å². The summed E-state index contributed by atoms with van der Waals surface area (Å²) in [6.45, 7) is 13.1. The second-order valence-corrected chi connectivity index (χ2v) is 6.72. The Morgan fingerprint density at radius 3 is 2.74 bits per heavy atom. The zero-order valence-electron chi connectivity index (χ0n) is 12.9. The van der Waals surface area contributed by atoms with E-state index in [4.69, 9.17) is 4.74 Å². The van der Waals surface area contributed by atoms with Crippen LogP contribution < -0.4 is 10.6 Å². The van der Waals surface area contributed by atoms with Crippen molar-refractivity contribution in [2.45, 2.75) is 57.7 Å². The molecule has 0 aromatic rings. The van der Waals surface area contributed by atoms with Crippen molar-refractivity contribution in [3.8, 4) is 0 Å². The van der Waals surface area contributed by atoms with E-state index in [0.29, 0.717) is 6.04 Å². The Kier molecular flexibility index (Phi) is 5.63. The number of hydrogen-bond donors (Lipinski definition) is 2. The first kappa shape index (κ1) is 15.2. The van der Waals surface area contributed by atoms with E-state index in [1.165, 1.54) is 25.8 Å². The topological polar surface area (TPSA) is 36.5 Å². The molecule has 0 bridgehead atoms. The summed E-state index contributed by atoms with van der Waals surface area (Å²) < 4.78 is 5.44. The third kappa shape index (κ3) is 4.71. The maximum atomic E-state index is 5.44. The lowest BCUT2D eigenvalue weighted by Gasteiger charge is -2.41. The van der Waals surface area contributed by atoms with Gasteiger partial charge in [-0.3, -0.25) is 4.90 Å². The molecule has 2 atom stereocenters. The van der Waals surface area contributed by atoms with Crippen molar-refractivity contribution >= 4 is 0 Å². The van der Waals surface area contributed by atoms with Gasteiger partial charge < -0.3 is 15.4 Å². The number of morpholine rings is 1. The maximum Gasteiger partial charge on any atom is 0.0594 e. The van der Waals surface area contributed by atoms with Crippen molar-refractivity contribution in [2.75, 3.05) is 39.4 Å². The Morgan fingerprint density at radius 2 is 2.11 bits per heavy atom. The van der Waals surface area contributed by atoms with E-state index in [1.54, 1.807) is 0 Å². The Morgan fingerprint density at radius 1 is 1.37 bits per heavy atom. The van der Waals surface area contributed by atoms with E-state index >= 15 is 0 Å². The van der Waals surface area contributed by atoms with Crippen LogP contribution in [0.15, 0.2) is 0 Å². The highest BCUT2D eigenvalue weighted by Crippen LogP contribution is 2.16. The summed E-state index contributed by atoms with van der Waals surface area (Å²) in [6, 6.07) is 1.32. The van der Waals surface area contributed by atoms with Crippen LogP contribution in [0.3, 0.4) is 0 Å². The highest BCUT2D eigenvalue weighted by atomic mass is 16.5. The summed E-state index contributed by atoms with van der Waals surface area (Å²) in [5, 5.41) is 7.31. The molecule has 0 aromatic carbocycles. The zero-order valence-corrected chi connectivity index (χ0v) is 12.9. The predicted molar refractivity (Wildman–Crippen MR) is 79.6 cm³/mol. The zero-order chi connectivity index (χ0) is 13.7. The number of rotatable bonds is 6. The molecule has 0 amide bonds. The Bertz CT molecular complexity index is 258. The van der Waals surface area contributed by atoms with Crippen molar-refractivity contribution < 1.29 is 4.74 Å². The highest BCUT2D eigenvalue weighted by Gasteiger charge is 2.28. The molecule has 19 heavy (non-hydrogen) atoms. The lowest BCUT2D eigenvalue weighted by Crippen LogP contribution is -2.55. The normalized spacial score (nSPS) is 27.6. The molecule has 2 saturated heterocycles. The molecule has 2 aliphatic rings. The average Bonchev–Trinajstić information content (AvgIpc) is 2.90. The number of hydrogen-bond acceptors (Lipinski definition) is 4. The molecule has 2 N–H and O–H groups in total. The molecule has 0 aromatic heterocycles. The van der Waals surface area contributed by atoms with E-state index in [0.717, 1.165) is 38.9 Å². The Hall–Kier alpha value is -0.160. The van der Waals surface area contributed by atoms with Crippen molar-refractivity contribution in [3.63, 3.8) is 0 Å². The van der Waals surface area contributed by atoms with Gasteiger partial charge in [0, 0.05) is 37.3 Å². The van der Waals surface area contributed by atoms with E-state index < -0.39 is 0 Å². The molecule has 4 heteroatoms. The van der Waals surface area contributed by atoms with Crippen LogP contribution in [-0.4, -0.2) is 61.9 Å². The molecular formula is C15H31N3O. The smallest absolute Gasteiger partial charge is 0.0594 e. The lowest BCUT2D eigenvalue weighted by molar-refractivity contribution is -0.0103. The fourth-order valence-corrected chi connectivity index (χ4v) is 3.17. The second-order valence-electron chi connectivity index (χ2n) is 6.72. The van der Waals surface area contributed by atoms with Gasteiger partial charge in [0.2, 0.25) is 0 Å².